The fourth-order valence-corrected chi connectivity index (χ4v) is 4.33. The van der Waals surface area contributed by atoms with Gasteiger partial charge in [0, 0.05) is 13.2 Å². The van der Waals surface area contributed by atoms with E-state index in [-0.39, 0.29) is 17.9 Å². The fraction of sp³-hybridized carbons (Fsp3) is 0.600. The highest BCUT2D eigenvalue weighted by Crippen LogP contribution is 2.23. The van der Waals surface area contributed by atoms with Crippen LogP contribution in [-0.2, 0) is 14.6 Å². The van der Waals surface area contributed by atoms with E-state index in [9.17, 15) is 8.42 Å². The highest BCUT2D eigenvalue weighted by molar-refractivity contribution is 7.91. The number of likely N-dealkylation sites (N-methyl/N-ethyl adjacent to an activating group) is 1. The Labute approximate surface area is 121 Å². The molecule has 1 saturated heterocycles. The molecule has 2 atom stereocenters. The second-order valence-electron chi connectivity index (χ2n) is 5.56. The predicted octanol–water partition coefficient (Wildman–Crippen LogP) is 1.88. The third-order valence-electron chi connectivity index (χ3n) is 4.07. The number of aryl methyl sites for hydroxylation is 1. The van der Waals surface area contributed by atoms with Crippen LogP contribution in [0.3, 0.4) is 0 Å². The molecular weight excluding hydrogens is 274 g/mol. The zero-order valence-corrected chi connectivity index (χ0v) is 13.2. The molecule has 1 heterocycles. The Kier molecular flexibility index (Phi) is 4.83. The van der Waals surface area contributed by atoms with E-state index >= 15 is 0 Å². The lowest BCUT2D eigenvalue weighted by Gasteiger charge is -2.27. The molecule has 5 heteroatoms. The van der Waals surface area contributed by atoms with Crippen molar-refractivity contribution >= 4 is 9.84 Å². The fourth-order valence-electron chi connectivity index (χ4n) is 2.80. The summed E-state index contributed by atoms with van der Waals surface area (Å²) < 4.78 is 30.4. The highest BCUT2D eigenvalue weighted by Gasteiger charge is 2.33. The topological polar surface area (TPSA) is 46.6 Å². The SMILES string of the molecule is CO[C@H](CS(=O)(=O)c1ccc(C)cc1)[C@@H]1CCCN1C. The van der Waals surface area contributed by atoms with E-state index in [4.69, 9.17) is 4.74 Å². The van der Waals surface area contributed by atoms with Gasteiger partial charge in [0.2, 0.25) is 0 Å². The molecule has 1 aromatic carbocycles. The van der Waals surface area contributed by atoms with Crippen LogP contribution in [0, 0.1) is 6.92 Å². The van der Waals surface area contributed by atoms with E-state index in [0.717, 1.165) is 24.9 Å². The monoisotopic (exact) mass is 297 g/mol. The van der Waals surface area contributed by atoms with Crippen molar-refractivity contribution in [1.29, 1.82) is 0 Å². The molecule has 0 aromatic heterocycles. The van der Waals surface area contributed by atoms with E-state index < -0.39 is 9.84 Å². The number of sulfone groups is 1. The summed E-state index contributed by atoms with van der Waals surface area (Å²) in [5, 5.41) is 0. The summed E-state index contributed by atoms with van der Waals surface area (Å²) in [6, 6.07) is 7.21. The molecule has 1 fully saturated rings. The number of benzene rings is 1. The van der Waals surface area contributed by atoms with Crippen molar-refractivity contribution in [3.05, 3.63) is 29.8 Å². The van der Waals surface area contributed by atoms with E-state index in [0.29, 0.717) is 4.90 Å². The molecule has 0 aliphatic carbocycles. The van der Waals surface area contributed by atoms with Crippen LogP contribution in [0.25, 0.3) is 0 Å². The van der Waals surface area contributed by atoms with Crippen molar-refractivity contribution in [3.8, 4) is 0 Å². The van der Waals surface area contributed by atoms with Gasteiger partial charge in [0.05, 0.1) is 16.8 Å². The highest BCUT2D eigenvalue weighted by atomic mass is 32.2. The Morgan fingerprint density at radius 1 is 1.35 bits per heavy atom. The van der Waals surface area contributed by atoms with E-state index in [2.05, 4.69) is 4.90 Å². The molecule has 0 bridgehead atoms. The third-order valence-corrected chi connectivity index (χ3v) is 5.83. The lowest BCUT2D eigenvalue weighted by molar-refractivity contribution is 0.0553. The molecule has 4 nitrogen and oxygen atoms in total. The normalized spacial score (nSPS) is 22.1. The van der Waals surface area contributed by atoms with Gasteiger partial charge in [-0.05, 0) is 45.5 Å². The number of hydrogen-bond donors (Lipinski definition) is 0. The lowest BCUT2D eigenvalue weighted by Crippen LogP contribution is -2.41. The standard InChI is InChI=1S/C15H23NO3S/c1-12-6-8-13(9-7-12)20(17,18)11-15(19-3)14-5-4-10-16(14)2/h6-9,14-15H,4-5,10-11H2,1-3H3/t14-,15+/m0/s1. The maximum atomic E-state index is 12.5. The van der Waals surface area contributed by atoms with Crippen molar-refractivity contribution in [2.24, 2.45) is 0 Å². The summed E-state index contributed by atoms with van der Waals surface area (Å²) in [6.07, 6.45) is 1.83. The van der Waals surface area contributed by atoms with Crippen molar-refractivity contribution in [2.75, 3.05) is 26.5 Å². The molecule has 0 radical (unpaired) electrons. The van der Waals surface area contributed by atoms with E-state index in [1.165, 1.54) is 0 Å². The summed E-state index contributed by atoms with van der Waals surface area (Å²) in [5.74, 6) is 0.0432. The van der Waals surface area contributed by atoms with Gasteiger partial charge in [0.1, 0.15) is 0 Å². The largest absolute Gasteiger partial charge is 0.379 e. The van der Waals surface area contributed by atoms with Gasteiger partial charge < -0.3 is 9.64 Å². The minimum absolute atomic E-state index is 0.0432. The van der Waals surface area contributed by atoms with Gasteiger partial charge in [-0.1, -0.05) is 17.7 Å². The quantitative estimate of drug-likeness (QED) is 0.832. The van der Waals surface area contributed by atoms with Gasteiger partial charge in [-0.25, -0.2) is 8.42 Å². The lowest BCUT2D eigenvalue weighted by atomic mass is 10.1. The smallest absolute Gasteiger partial charge is 0.180 e. The third kappa shape index (κ3) is 3.40. The van der Waals surface area contributed by atoms with Crippen molar-refractivity contribution in [3.63, 3.8) is 0 Å². The average molecular weight is 297 g/mol. The first-order chi connectivity index (χ1) is 9.44. The zero-order chi connectivity index (χ0) is 14.8. The molecule has 0 saturated carbocycles. The minimum Gasteiger partial charge on any atom is -0.379 e. The maximum absolute atomic E-state index is 12.5. The number of hydrogen-bond acceptors (Lipinski definition) is 4. The Bertz CT molecular complexity index is 539. The van der Waals surface area contributed by atoms with E-state index in [1.54, 1.807) is 19.2 Å². The summed E-state index contributed by atoms with van der Waals surface area (Å²) >= 11 is 0. The Morgan fingerprint density at radius 2 is 2.00 bits per heavy atom. The van der Waals surface area contributed by atoms with Crippen molar-refractivity contribution in [2.45, 2.75) is 36.8 Å². The van der Waals surface area contributed by atoms with Gasteiger partial charge in [-0.3, -0.25) is 0 Å². The Balaban J connectivity index is 2.15. The Morgan fingerprint density at radius 3 is 2.50 bits per heavy atom. The zero-order valence-electron chi connectivity index (χ0n) is 12.4. The number of ether oxygens (including phenoxy) is 1. The summed E-state index contributed by atoms with van der Waals surface area (Å²) in [6.45, 7) is 2.96. The second-order valence-corrected chi connectivity index (χ2v) is 7.59. The van der Waals surface area contributed by atoms with Crippen LogP contribution in [0.4, 0.5) is 0 Å². The molecule has 1 aromatic rings. The predicted molar refractivity (Wildman–Crippen MR) is 79.7 cm³/mol. The molecular formula is C15H23NO3S. The first-order valence-electron chi connectivity index (χ1n) is 6.96. The molecule has 0 amide bonds. The second kappa shape index (κ2) is 6.24. The van der Waals surface area contributed by atoms with Gasteiger partial charge in [0.15, 0.2) is 9.84 Å². The van der Waals surface area contributed by atoms with Crippen molar-refractivity contribution < 1.29 is 13.2 Å². The summed E-state index contributed by atoms with van der Waals surface area (Å²) in [4.78, 5) is 2.57. The molecule has 20 heavy (non-hydrogen) atoms. The van der Waals surface area contributed by atoms with Crippen LogP contribution in [0.2, 0.25) is 0 Å². The molecule has 112 valence electrons. The van der Waals surface area contributed by atoms with Gasteiger partial charge in [-0.2, -0.15) is 0 Å². The van der Waals surface area contributed by atoms with Crippen LogP contribution >= 0.6 is 0 Å². The maximum Gasteiger partial charge on any atom is 0.180 e. The van der Waals surface area contributed by atoms with Crippen LogP contribution < -0.4 is 0 Å². The number of nitrogens with zero attached hydrogens (tertiary/aromatic N) is 1. The Hall–Kier alpha value is -0.910. The number of likely N-dealkylation sites (tertiary alicyclic amines) is 1. The van der Waals surface area contributed by atoms with Crippen LogP contribution in [-0.4, -0.2) is 51.9 Å². The van der Waals surface area contributed by atoms with E-state index in [1.807, 2.05) is 26.1 Å². The van der Waals surface area contributed by atoms with Gasteiger partial charge in [0.25, 0.3) is 0 Å². The van der Waals surface area contributed by atoms with Crippen molar-refractivity contribution in [1.82, 2.24) is 4.90 Å². The first kappa shape index (κ1) is 15.5. The van der Waals surface area contributed by atoms with Gasteiger partial charge >= 0.3 is 0 Å². The van der Waals surface area contributed by atoms with Crippen LogP contribution in [0.5, 0.6) is 0 Å². The first-order valence-corrected chi connectivity index (χ1v) is 8.62. The number of methoxy groups -OCH3 is 1. The number of rotatable bonds is 5. The molecule has 0 unspecified atom stereocenters. The molecule has 0 spiro atoms. The average Bonchev–Trinajstić information content (AvgIpc) is 2.83. The molecule has 1 aliphatic heterocycles. The summed E-state index contributed by atoms with van der Waals surface area (Å²) in [7, 11) is 0.328. The molecule has 0 N–H and O–H groups in total. The van der Waals surface area contributed by atoms with Crippen LogP contribution in [0.1, 0.15) is 18.4 Å². The van der Waals surface area contributed by atoms with Gasteiger partial charge in [-0.15, -0.1) is 0 Å². The minimum atomic E-state index is -3.30. The molecule has 2 rings (SSSR count). The summed E-state index contributed by atoms with van der Waals surface area (Å²) in [5.41, 5.74) is 1.06. The molecule has 1 aliphatic rings. The van der Waals surface area contributed by atoms with Crippen LogP contribution in [0.15, 0.2) is 29.2 Å².